The Morgan fingerprint density at radius 3 is 2.46 bits per heavy atom. The summed E-state index contributed by atoms with van der Waals surface area (Å²) in [6, 6.07) is 6.95. The van der Waals surface area contributed by atoms with Crippen LogP contribution in [0.15, 0.2) is 52.5 Å². The molecule has 1 aromatic rings. The lowest BCUT2D eigenvalue weighted by molar-refractivity contribution is -0.136. The average Bonchev–Trinajstić information content (AvgIpc) is 2.99. The van der Waals surface area contributed by atoms with Crippen LogP contribution < -0.4 is 0 Å². The van der Waals surface area contributed by atoms with Gasteiger partial charge in [0.25, 0.3) is 0 Å². The summed E-state index contributed by atoms with van der Waals surface area (Å²) >= 11 is 0. The summed E-state index contributed by atoms with van der Waals surface area (Å²) in [4.78, 5) is 12.3. The number of allylic oxidation sites excluding steroid dienone is 1. The molecule has 0 aromatic heterocycles. The first-order valence-electron chi connectivity index (χ1n) is 8.75. The van der Waals surface area contributed by atoms with E-state index >= 15 is 0 Å². The van der Waals surface area contributed by atoms with Gasteiger partial charge in [0.15, 0.2) is 0 Å². The minimum atomic E-state index is -3.52. The van der Waals surface area contributed by atoms with Crippen LogP contribution in [0.2, 0.25) is 0 Å². The van der Waals surface area contributed by atoms with Crippen LogP contribution in [0.3, 0.4) is 0 Å². The Kier molecular flexibility index (Phi) is 5.08. The van der Waals surface area contributed by atoms with E-state index in [1.54, 1.807) is 16.4 Å². The van der Waals surface area contributed by atoms with Gasteiger partial charge in [0.05, 0.1) is 12.0 Å². The summed E-state index contributed by atoms with van der Waals surface area (Å²) < 4.78 is 32.4. The summed E-state index contributed by atoms with van der Waals surface area (Å²) in [6.07, 6.45) is 1.14. The third-order valence-electron chi connectivity index (χ3n) is 5.51. The van der Waals surface area contributed by atoms with Crippen LogP contribution in [0.5, 0.6) is 0 Å². The normalized spacial score (nSPS) is 24.3. The monoisotopic (exact) mass is 375 g/mol. The first-order chi connectivity index (χ1) is 12.2. The van der Waals surface area contributed by atoms with Gasteiger partial charge in [0.2, 0.25) is 10.0 Å². The van der Waals surface area contributed by atoms with Crippen molar-refractivity contribution < 1.29 is 17.9 Å². The van der Waals surface area contributed by atoms with Crippen molar-refractivity contribution in [1.82, 2.24) is 4.31 Å². The van der Waals surface area contributed by atoms with E-state index in [1.165, 1.54) is 7.11 Å². The number of fused-ring (bicyclic) bond motifs is 1. The highest BCUT2D eigenvalue weighted by molar-refractivity contribution is 7.89. The quantitative estimate of drug-likeness (QED) is 0.602. The molecule has 5 nitrogen and oxygen atoms in total. The zero-order valence-corrected chi connectivity index (χ0v) is 16.3. The van der Waals surface area contributed by atoms with E-state index in [4.69, 9.17) is 4.74 Å². The SMILES string of the molecule is C=C1CC(C(=O)OC)=C(C)CC2CN(S(=O)(=O)c3ccc(C)cc3)CC12. The van der Waals surface area contributed by atoms with Gasteiger partial charge >= 0.3 is 5.97 Å². The van der Waals surface area contributed by atoms with Gasteiger partial charge in [-0.15, -0.1) is 0 Å². The number of ether oxygens (including phenoxy) is 1. The third kappa shape index (κ3) is 3.35. The van der Waals surface area contributed by atoms with Crippen molar-refractivity contribution in [1.29, 1.82) is 0 Å². The standard InChI is InChI=1S/C20H25NO4S/c1-13-5-7-17(8-6-13)26(23,24)21-11-16-9-14(2)18(20(22)25-4)10-15(3)19(16)12-21/h5-8,16,19H,3,9-12H2,1-2,4H3. The van der Waals surface area contributed by atoms with Crippen LogP contribution in [0.1, 0.15) is 25.3 Å². The molecule has 0 bridgehead atoms. The number of carbonyl (C=O) groups excluding carboxylic acids is 1. The molecule has 3 rings (SSSR count). The second-order valence-electron chi connectivity index (χ2n) is 7.29. The molecule has 1 heterocycles. The molecule has 6 heteroatoms. The minimum Gasteiger partial charge on any atom is -0.466 e. The summed E-state index contributed by atoms with van der Waals surface area (Å²) in [5, 5.41) is 0. The molecule has 0 amide bonds. The van der Waals surface area contributed by atoms with E-state index in [1.807, 2.05) is 26.0 Å². The lowest BCUT2D eigenvalue weighted by Gasteiger charge is -2.18. The minimum absolute atomic E-state index is 0.0623. The second kappa shape index (κ2) is 7.00. The number of rotatable bonds is 3. The number of esters is 1. The number of aryl methyl sites for hydroxylation is 1. The van der Waals surface area contributed by atoms with Crippen molar-refractivity contribution in [3.8, 4) is 0 Å². The van der Waals surface area contributed by atoms with Crippen LogP contribution >= 0.6 is 0 Å². The Bertz CT molecular complexity index is 868. The van der Waals surface area contributed by atoms with Gasteiger partial charge < -0.3 is 4.74 Å². The molecule has 2 unspecified atom stereocenters. The molecule has 1 saturated heterocycles. The molecule has 1 aliphatic heterocycles. The average molecular weight is 375 g/mol. The van der Waals surface area contributed by atoms with E-state index in [0.29, 0.717) is 36.4 Å². The van der Waals surface area contributed by atoms with E-state index in [2.05, 4.69) is 6.58 Å². The number of methoxy groups -OCH3 is 1. The highest BCUT2D eigenvalue weighted by atomic mass is 32.2. The maximum atomic E-state index is 13.0. The number of hydrogen-bond donors (Lipinski definition) is 0. The topological polar surface area (TPSA) is 63.7 Å². The molecule has 1 fully saturated rings. The Balaban J connectivity index is 1.86. The highest BCUT2D eigenvalue weighted by Gasteiger charge is 2.42. The molecule has 2 atom stereocenters. The fourth-order valence-electron chi connectivity index (χ4n) is 3.95. The van der Waals surface area contributed by atoms with E-state index in [9.17, 15) is 13.2 Å². The molecule has 0 radical (unpaired) electrons. The molecule has 140 valence electrons. The van der Waals surface area contributed by atoms with Crippen LogP contribution in [0.4, 0.5) is 0 Å². The Morgan fingerprint density at radius 2 is 1.85 bits per heavy atom. The highest BCUT2D eigenvalue weighted by Crippen LogP contribution is 2.41. The van der Waals surface area contributed by atoms with E-state index in [0.717, 1.165) is 16.7 Å². The fraction of sp³-hybridized carbons (Fsp3) is 0.450. The van der Waals surface area contributed by atoms with Gasteiger partial charge in [-0.05, 0) is 44.2 Å². The zero-order chi connectivity index (χ0) is 19.1. The maximum Gasteiger partial charge on any atom is 0.333 e. The predicted molar refractivity (Wildman–Crippen MR) is 100 cm³/mol. The lowest BCUT2D eigenvalue weighted by atomic mass is 9.87. The number of benzene rings is 1. The molecule has 0 spiro atoms. The molecule has 1 aromatic carbocycles. The smallest absolute Gasteiger partial charge is 0.333 e. The Hall–Kier alpha value is -1.92. The largest absolute Gasteiger partial charge is 0.466 e. The van der Waals surface area contributed by atoms with Crippen LogP contribution in [-0.4, -0.2) is 38.9 Å². The molecule has 0 N–H and O–H groups in total. The predicted octanol–water partition coefficient (Wildman–Crippen LogP) is 3.07. The number of nitrogens with zero attached hydrogens (tertiary/aromatic N) is 1. The van der Waals surface area contributed by atoms with Crippen molar-refractivity contribution >= 4 is 16.0 Å². The van der Waals surface area contributed by atoms with Gasteiger partial charge in [0, 0.05) is 25.1 Å². The van der Waals surface area contributed by atoms with Crippen LogP contribution in [0.25, 0.3) is 0 Å². The maximum absolute atomic E-state index is 13.0. The Morgan fingerprint density at radius 1 is 1.19 bits per heavy atom. The second-order valence-corrected chi connectivity index (χ2v) is 9.23. The molecule has 1 aliphatic carbocycles. The van der Waals surface area contributed by atoms with Gasteiger partial charge in [-0.25, -0.2) is 13.2 Å². The lowest BCUT2D eigenvalue weighted by Crippen LogP contribution is -2.29. The third-order valence-corrected chi connectivity index (χ3v) is 7.36. The van der Waals surface area contributed by atoms with Crippen LogP contribution in [-0.2, 0) is 19.6 Å². The van der Waals surface area contributed by atoms with Gasteiger partial charge in [-0.3, -0.25) is 0 Å². The van der Waals surface area contributed by atoms with Crippen molar-refractivity contribution in [2.24, 2.45) is 11.8 Å². The van der Waals surface area contributed by atoms with Crippen LogP contribution in [0, 0.1) is 18.8 Å². The van der Waals surface area contributed by atoms with Crippen molar-refractivity contribution in [3.05, 3.63) is 53.1 Å². The Labute approximate surface area is 155 Å². The molecule has 0 saturated carbocycles. The summed E-state index contributed by atoms with van der Waals surface area (Å²) in [5.41, 5.74) is 3.58. The molecular weight excluding hydrogens is 350 g/mol. The summed E-state index contributed by atoms with van der Waals surface area (Å²) in [6.45, 7) is 8.89. The molecule has 26 heavy (non-hydrogen) atoms. The number of hydrogen-bond acceptors (Lipinski definition) is 4. The number of sulfonamides is 1. The molecular formula is C20H25NO4S. The summed E-state index contributed by atoms with van der Waals surface area (Å²) in [5.74, 6) is -0.107. The zero-order valence-electron chi connectivity index (χ0n) is 15.5. The van der Waals surface area contributed by atoms with Gasteiger partial charge in [-0.2, -0.15) is 4.31 Å². The van der Waals surface area contributed by atoms with Gasteiger partial charge in [0.1, 0.15) is 0 Å². The number of carbonyl (C=O) groups is 1. The van der Waals surface area contributed by atoms with E-state index in [-0.39, 0.29) is 17.8 Å². The first kappa shape index (κ1) is 18.9. The van der Waals surface area contributed by atoms with Crippen molar-refractivity contribution in [3.63, 3.8) is 0 Å². The van der Waals surface area contributed by atoms with Crippen molar-refractivity contribution in [2.75, 3.05) is 20.2 Å². The molecule has 2 aliphatic rings. The van der Waals surface area contributed by atoms with E-state index < -0.39 is 10.0 Å². The van der Waals surface area contributed by atoms with Gasteiger partial charge in [-0.1, -0.05) is 35.4 Å². The van der Waals surface area contributed by atoms with Crippen molar-refractivity contribution in [2.45, 2.75) is 31.6 Å². The fourth-order valence-corrected chi connectivity index (χ4v) is 5.47. The summed E-state index contributed by atoms with van der Waals surface area (Å²) in [7, 11) is -2.13. The first-order valence-corrected chi connectivity index (χ1v) is 10.2.